The van der Waals surface area contributed by atoms with Crippen LogP contribution < -0.4 is 14.8 Å². The quantitative estimate of drug-likeness (QED) is 0.552. The van der Waals surface area contributed by atoms with Crippen molar-refractivity contribution in [2.24, 2.45) is 0 Å². The Kier molecular flexibility index (Phi) is 6.77. The van der Waals surface area contributed by atoms with Gasteiger partial charge in [-0.3, -0.25) is 4.79 Å². The summed E-state index contributed by atoms with van der Waals surface area (Å²) in [5, 5.41) is 3.18. The van der Waals surface area contributed by atoms with Gasteiger partial charge in [0, 0.05) is 22.1 Å². The molecule has 8 nitrogen and oxygen atoms in total. The van der Waals surface area contributed by atoms with Gasteiger partial charge in [0.1, 0.15) is 5.75 Å². The number of carbonyl (C=O) groups excluding carboxylic acids is 1. The first-order valence-electron chi connectivity index (χ1n) is 9.31. The highest BCUT2D eigenvalue weighted by molar-refractivity contribution is 7.92. The van der Waals surface area contributed by atoms with Crippen LogP contribution >= 0.6 is 11.6 Å². The fraction of sp³-hybridized carbons (Fsp3) is 0.190. The minimum absolute atomic E-state index is 0.00173. The first kappa shape index (κ1) is 22.5. The lowest BCUT2D eigenvalue weighted by Crippen LogP contribution is -2.30. The van der Waals surface area contributed by atoms with E-state index >= 15 is 0 Å². The first-order valence-corrected chi connectivity index (χ1v) is 11.2. The number of amides is 1. The van der Waals surface area contributed by atoms with Gasteiger partial charge in [-0.25, -0.2) is 23.1 Å². The fourth-order valence-corrected chi connectivity index (χ4v) is 3.83. The van der Waals surface area contributed by atoms with Gasteiger partial charge in [-0.2, -0.15) is 0 Å². The summed E-state index contributed by atoms with van der Waals surface area (Å²) in [7, 11) is -3.88. The van der Waals surface area contributed by atoms with E-state index in [4.69, 9.17) is 16.3 Å². The van der Waals surface area contributed by atoms with Crippen molar-refractivity contribution in [3.8, 4) is 5.75 Å². The van der Waals surface area contributed by atoms with E-state index in [0.29, 0.717) is 27.8 Å². The molecule has 0 saturated carbocycles. The molecular formula is C21H21ClN4O4S. The Bertz CT molecular complexity index is 1180. The van der Waals surface area contributed by atoms with Crippen molar-refractivity contribution in [3.63, 3.8) is 0 Å². The molecule has 0 bridgehead atoms. The van der Waals surface area contributed by atoms with E-state index in [-0.39, 0.29) is 10.8 Å². The Morgan fingerprint density at radius 3 is 2.29 bits per heavy atom. The van der Waals surface area contributed by atoms with Crippen molar-refractivity contribution in [2.75, 3.05) is 10.0 Å². The van der Waals surface area contributed by atoms with Crippen molar-refractivity contribution in [1.82, 2.24) is 9.97 Å². The van der Waals surface area contributed by atoms with Crippen LogP contribution in [-0.2, 0) is 14.8 Å². The molecule has 1 atom stereocenters. The van der Waals surface area contributed by atoms with E-state index in [0.717, 1.165) is 0 Å². The number of carbonyl (C=O) groups is 1. The number of sulfonamides is 1. The zero-order chi connectivity index (χ0) is 22.6. The molecular weight excluding hydrogens is 440 g/mol. The Balaban J connectivity index is 1.65. The largest absolute Gasteiger partial charge is 0.481 e. The monoisotopic (exact) mass is 460 g/mol. The number of benzene rings is 2. The third-order valence-electron chi connectivity index (χ3n) is 4.12. The van der Waals surface area contributed by atoms with Crippen LogP contribution in [-0.4, -0.2) is 30.4 Å². The highest BCUT2D eigenvalue weighted by Gasteiger charge is 2.18. The third-order valence-corrected chi connectivity index (χ3v) is 5.70. The van der Waals surface area contributed by atoms with Gasteiger partial charge in [0.2, 0.25) is 5.95 Å². The van der Waals surface area contributed by atoms with Gasteiger partial charge in [-0.1, -0.05) is 17.7 Å². The number of ether oxygens (including phenoxy) is 1. The summed E-state index contributed by atoms with van der Waals surface area (Å²) in [6.07, 6.45) is -0.787. The number of hydrogen-bond donors (Lipinski definition) is 2. The molecule has 3 rings (SSSR count). The van der Waals surface area contributed by atoms with Crippen molar-refractivity contribution in [1.29, 1.82) is 0 Å². The summed E-state index contributed by atoms with van der Waals surface area (Å²) in [6.45, 7) is 5.10. The zero-order valence-electron chi connectivity index (χ0n) is 17.1. The topological polar surface area (TPSA) is 110 Å². The Morgan fingerprint density at radius 1 is 1.03 bits per heavy atom. The van der Waals surface area contributed by atoms with Crippen molar-refractivity contribution in [2.45, 2.75) is 31.8 Å². The maximum absolute atomic E-state index is 12.6. The molecule has 31 heavy (non-hydrogen) atoms. The summed E-state index contributed by atoms with van der Waals surface area (Å²) in [5.74, 6) is 0.0791. The summed E-state index contributed by atoms with van der Waals surface area (Å²) in [5.41, 5.74) is 1.72. The normalized spacial score (nSPS) is 12.1. The molecule has 0 saturated heterocycles. The second-order valence-corrected chi connectivity index (χ2v) is 8.93. The maximum atomic E-state index is 12.6. The molecule has 0 aliphatic carbocycles. The Labute approximate surface area is 185 Å². The van der Waals surface area contributed by atoms with Gasteiger partial charge in [0.15, 0.2) is 6.10 Å². The van der Waals surface area contributed by atoms with E-state index in [1.807, 2.05) is 0 Å². The van der Waals surface area contributed by atoms with Crippen molar-refractivity contribution < 1.29 is 17.9 Å². The minimum Gasteiger partial charge on any atom is -0.481 e. The molecule has 1 aromatic heterocycles. The zero-order valence-corrected chi connectivity index (χ0v) is 18.7. The standard InChI is InChI=1S/C21H21ClN4O4S/c1-13-11-14(2)24-21(23-13)26-31(28,29)19-9-7-17(8-10-19)25-20(27)15(3)30-18-6-4-5-16(22)12-18/h4-12,15H,1-3H3,(H,25,27)(H,23,24,26)/t15-/m1/s1. The average Bonchev–Trinajstić information content (AvgIpc) is 2.67. The summed E-state index contributed by atoms with van der Waals surface area (Å²) in [4.78, 5) is 20.5. The second-order valence-electron chi connectivity index (χ2n) is 6.81. The molecule has 3 aromatic rings. The van der Waals surface area contributed by atoms with Crippen LogP contribution in [0.1, 0.15) is 18.3 Å². The van der Waals surface area contributed by atoms with Gasteiger partial charge < -0.3 is 10.1 Å². The van der Waals surface area contributed by atoms with Crippen molar-refractivity contribution >= 4 is 39.2 Å². The number of halogens is 1. The van der Waals surface area contributed by atoms with Crippen LogP contribution in [0.25, 0.3) is 0 Å². The SMILES string of the molecule is Cc1cc(C)nc(NS(=O)(=O)c2ccc(NC(=O)[C@@H](C)Oc3cccc(Cl)c3)cc2)n1. The Morgan fingerprint density at radius 2 is 1.68 bits per heavy atom. The lowest BCUT2D eigenvalue weighted by Gasteiger charge is -2.15. The molecule has 1 heterocycles. The third kappa shape index (κ3) is 6.16. The number of nitrogens with one attached hydrogen (secondary N) is 2. The van der Waals surface area contributed by atoms with Gasteiger partial charge in [-0.15, -0.1) is 0 Å². The van der Waals surface area contributed by atoms with E-state index in [1.165, 1.54) is 24.3 Å². The molecule has 0 radical (unpaired) electrons. The first-order chi connectivity index (χ1) is 14.6. The van der Waals surface area contributed by atoms with Crippen LogP contribution in [0.5, 0.6) is 5.75 Å². The average molecular weight is 461 g/mol. The summed E-state index contributed by atoms with van der Waals surface area (Å²) >= 11 is 5.91. The summed E-state index contributed by atoms with van der Waals surface area (Å²) < 4.78 is 33.1. The highest BCUT2D eigenvalue weighted by Crippen LogP contribution is 2.20. The predicted molar refractivity (Wildman–Crippen MR) is 119 cm³/mol. The van der Waals surface area contributed by atoms with Gasteiger partial charge in [0.25, 0.3) is 15.9 Å². The van der Waals surface area contributed by atoms with E-state index in [2.05, 4.69) is 20.0 Å². The van der Waals surface area contributed by atoms with Gasteiger partial charge in [0.05, 0.1) is 4.90 Å². The molecule has 162 valence electrons. The molecule has 0 aliphatic heterocycles. The van der Waals surface area contributed by atoms with Crippen molar-refractivity contribution in [3.05, 3.63) is 71.0 Å². The fourth-order valence-electron chi connectivity index (χ4n) is 2.71. The lowest BCUT2D eigenvalue weighted by atomic mass is 10.3. The molecule has 1 amide bonds. The number of nitrogens with zero attached hydrogens (tertiary/aromatic N) is 2. The smallest absolute Gasteiger partial charge is 0.265 e. The molecule has 0 aliphatic rings. The van der Waals surface area contributed by atoms with Gasteiger partial charge in [-0.05, 0) is 69.3 Å². The highest BCUT2D eigenvalue weighted by atomic mass is 35.5. The molecule has 2 aromatic carbocycles. The second kappa shape index (κ2) is 9.32. The lowest BCUT2D eigenvalue weighted by molar-refractivity contribution is -0.122. The number of anilines is 2. The molecule has 0 unspecified atom stereocenters. The minimum atomic E-state index is -3.88. The number of aromatic nitrogens is 2. The van der Waals surface area contributed by atoms with Crippen LogP contribution in [0.2, 0.25) is 5.02 Å². The molecule has 10 heteroatoms. The van der Waals surface area contributed by atoms with E-state index in [9.17, 15) is 13.2 Å². The number of rotatable bonds is 7. The molecule has 0 spiro atoms. The molecule has 2 N–H and O–H groups in total. The van der Waals surface area contributed by atoms with E-state index in [1.54, 1.807) is 51.1 Å². The Hall–Kier alpha value is -3.17. The number of hydrogen-bond acceptors (Lipinski definition) is 6. The van der Waals surface area contributed by atoms with Crippen LogP contribution in [0.4, 0.5) is 11.6 Å². The van der Waals surface area contributed by atoms with Crippen LogP contribution in [0, 0.1) is 13.8 Å². The number of aryl methyl sites for hydroxylation is 2. The summed E-state index contributed by atoms with van der Waals surface area (Å²) in [6, 6.07) is 14.2. The molecule has 0 fully saturated rings. The van der Waals surface area contributed by atoms with Crippen LogP contribution in [0.15, 0.2) is 59.5 Å². The maximum Gasteiger partial charge on any atom is 0.265 e. The van der Waals surface area contributed by atoms with Crippen LogP contribution in [0.3, 0.4) is 0 Å². The van der Waals surface area contributed by atoms with E-state index < -0.39 is 22.0 Å². The predicted octanol–water partition coefficient (Wildman–Crippen LogP) is 3.95. The van der Waals surface area contributed by atoms with Gasteiger partial charge >= 0.3 is 0 Å².